The predicted octanol–water partition coefficient (Wildman–Crippen LogP) is 0.499. The first-order valence-electron chi connectivity index (χ1n) is 6.85. The topological polar surface area (TPSA) is 108 Å². The van der Waals surface area contributed by atoms with E-state index >= 15 is 0 Å². The molecule has 0 unspecified atom stereocenters. The highest BCUT2D eigenvalue weighted by atomic mass is 16.5. The number of unbranched alkanes of at least 4 members (excludes halogenated alkanes) is 1. The fourth-order valence-electron chi connectivity index (χ4n) is 1.79. The molecule has 0 aliphatic heterocycles. The number of carbonyl (C=O) groups is 3. The lowest BCUT2D eigenvalue weighted by Crippen LogP contribution is -2.53. The summed E-state index contributed by atoms with van der Waals surface area (Å²) in [5.41, 5.74) is 0. The lowest BCUT2D eigenvalue weighted by Gasteiger charge is -2.24. The molecule has 0 rings (SSSR count). The molecule has 0 aromatic rings. The molecule has 0 aromatic carbocycles. The molecule has 0 aliphatic carbocycles. The smallest absolute Gasteiger partial charge is 0.328 e. The summed E-state index contributed by atoms with van der Waals surface area (Å²) in [7, 11) is 1.24. The molecule has 7 heteroatoms. The van der Waals surface area contributed by atoms with Crippen LogP contribution in [0, 0.1) is 17.2 Å². The molecular formula is C14H23N3O4. The highest BCUT2D eigenvalue weighted by Gasteiger charge is 2.28. The number of amides is 2. The number of carbonyl (C=O) groups excluding carboxylic acids is 3. The molecule has 2 atom stereocenters. The van der Waals surface area contributed by atoms with Gasteiger partial charge >= 0.3 is 5.97 Å². The highest BCUT2D eigenvalue weighted by molar-refractivity contribution is 5.90. The number of nitriles is 1. The molecule has 7 nitrogen and oxygen atoms in total. The Morgan fingerprint density at radius 1 is 1.24 bits per heavy atom. The number of ether oxygens (including phenoxy) is 1. The molecule has 0 radical (unpaired) electrons. The molecule has 118 valence electrons. The van der Waals surface area contributed by atoms with E-state index in [1.54, 1.807) is 13.8 Å². The zero-order valence-corrected chi connectivity index (χ0v) is 12.9. The molecule has 2 N–H and O–H groups in total. The SMILES string of the molecule is COC(=O)[C@H](CCCC#N)NC(=O)[C@H](NC(C)=O)C(C)C. The third-order valence-electron chi connectivity index (χ3n) is 2.89. The van der Waals surface area contributed by atoms with E-state index in [4.69, 9.17) is 5.26 Å². The maximum absolute atomic E-state index is 12.2. The van der Waals surface area contributed by atoms with Crippen molar-refractivity contribution >= 4 is 17.8 Å². The Labute approximate surface area is 125 Å². The van der Waals surface area contributed by atoms with Crippen molar-refractivity contribution in [3.05, 3.63) is 0 Å². The Kier molecular flexibility index (Phi) is 8.77. The van der Waals surface area contributed by atoms with Gasteiger partial charge in [0, 0.05) is 13.3 Å². The van der Waals surface area contributed by atoms with Crippen molar-refractivity contribution in [2.24, 2.45) is 5.92 Å². The van der Waals surface area contributed by atoms with Gasteiger partial charge in [-0.05, 0) is 18.8 Å². The van der Waals surface area contributed by atoms with Crippen molar-refractivity contribution in [3.8, 4) is 6.07 Å². The highest BCUT2D eigenvalue weighted by Crippen LogP contribution is 2.06. The number of hydrogen-bond donors (Lipinski definition) is 2. The first-order chi connectivity index (χ1) is 9.83. The van der Waals surface area contributed by atoms with Gasteiger partial charge in [0.05, 0.1) is 13.2 Å². The van der Waals surface area contributed by atoms with Gasteiger partial charge in [-0.2, -0.15) is 5.26 Å². The third kappa shape index (κ3) is 7.30. The van der Waals surface area contributed by atoms with Crippen LogP contribution in [-0.4, -0.2) is 37.0 Å². The molecule has 0 heterocycles. The van der Waals surface area contributed by atoms with Crippen molar-refractivity contribution in [1.29, 1.82) is 5.26 Å². The quantitative estimate of drug-likeness (QED) is 0.501. The zero-order chi connectivity index (χ0) is 16.4. The van der Waals surface area contributed by atoms with Crippen LogP contribution in [0.15, 0.2) is 0 Å². The van der Waals surface area contributed by atoms with Crippen molar-refractivity contribution in [3.63, 3.8) is 0 Å². The van der Waals surface area contributed by atoms with E-state index in [2.05, 4.69) is 15.4 Å². The van der Waals surface area contributed by atoms with E-state index < -0.39 is 24.0 Å². The second-order valence-electron chi connectivity index (χ2n) is 5.06. The van der Waals surface area contributed by atoms with Gasteiger partial charge in [-0.15, -0.1) is 0 Å². The fourth-order valence-corrected chi connectivity index (χ4v) is 1.79. The van der Waals surface area contributed by atoms with Crippen LogP contribution in [0.3, 0.4) is 0 Å². The number of methoxy groups -OCH3 is 1. The Morgan fingerprint density at radius 2 is 1.86 bits per heavy atom. The van der Waals surface area contributed by atoms with Crippen LogP contribution >= 0.6 is 0 Å². The van der Waals surface area contributed by atoms with E-state index in [-0.39, 0.29) is 11.8 Å². The molecule has 0 fully saturated rings. The van der Waals surface area contributed by atoms with E-state index in [1.807, 2.05) is 6.07 Å². The summed E-state index contributed by atoms with van der Waals surface area (Å²) in [5.74, 6) is -1.44. The van der Waals surface area contributed by atoms with E-state index in [9.17, 15) is 14.4 Å². The average molecular weight is 297 g/mol. The standard InChI is InChI=1S/C14H23N3O4/c1-9(2)12(16-10(3)18)13(19)17-11(14(20)21-4)7-5-6-8-15/h9,11-12H,5-7H2,1-4H3,(H,16,18)(H,17,19)/t11-,12+/m0/s1. The van der Waals surface area contributed by atoms with Crippen LogP contribution in [0.2, 0.25) is 0 Å². The molecule has 0 saturated heterocycles. The predicted molar refractivity (Wildman–Crippen MR) is 75.9 cm³/mol. The average Bonchev–Trinajstić information content (AvgIpc) is 2.42. The molecule has 0 aliphatic rings. The summed E-state index contributed by atoms with van der Waals surface area (Å²) in [6.07, 6.45) is 1.09. The van der Waals surface area contributed by atoms with E-state index in [1.165, 1.54) is 14.0 Å². The van der Waals surface area contributed by atoms with Crippen molar-refractivity contribution in [2.75, 3.05) is 7.11 Å². The summed E-state index contributed by atoms with van der Waals surface area (Å²) < 4.78 is 4.64. The number of esters is 1. The van der Waals surface area contributed by atoms with Gasteiger partial charge in [0.15, 0.2) is 0 Å². The molecule has 2 amide bonds. The number of hydrogen-bond acceptors (Lipinski definition) is 5. The summed E-state index contributed by atoms with van der Waals surface area (Å²) in [4.78, 5) is 35.0. The molecule has 21 heavy (non-hydrogen) atoms. The number of rotatable bonds is 8. The molecular weight excluding hydrogens is 274 g/mol. The lowest BCUT2D eigenvalue weighted by molar-refractivity contribution is -0.145. The van der Waals surface area contributed by atoms with Gasteiger partial charge in [0.2, 0.25) is 11.8 Å². The third-order valence-corrected chi connectivity index (χ3v) is 2.89. The molecule has 0 spiro atoms. The van der Waals surface area contributed by atoms with Gasteiger partial charge in [0.25, 0.3) is 0 Å². The normalized spacial score (nSPS) is 13.0. The molecule has 0 saturated carbocycles. The first-order valence-corrected chi connectivity index (χ1v) is 6.85. The van der Waals surface area contributed by atoms with Crippen molar-refractivity contribution in [2.45, 2.75) is 52.1 Å². The number of nitrogens with zero attached hydrogens (tertiary/aromatic N) is 1. The van der Waals surface area contributed by atoms with E-state index in [0.717, 1.165) is 0 Å². The largest absolute Gasteiger partial charge is 0.467 e. The van der Waals surface area contributed by atoms with Crippen molar-refractivity contribution < 1.29 is 19.1 Å². The Hall–Kier alpha value is -2.10. The summed E-state index contributed by atoms with van der Waals surface area (Å²) >= 11 is 0. The van der Waals surface area contributed by atoms with E-state index in [0.29, 0.717) is 19.3 Å². The van der Waals surface area contributed by atoms with Crippen LogP contribution in [0.4, 0.5) is 0 Å². The second-order valence-corrected chi connectivity index (χ2v) is 5.06. The summed E-state index contributed by atoms with van der Waals surface area (Å²) in [6, 6.07) is 0.448. The Balaban J connectivity index is 4.79. The Bertz CT molecular complexity index is 415. The minimum Gasteiger partial charge on any atom is -0.467 e. The van der Waals surface area contributed by atoms with Gasteiger partial charge < -0.3 is 15.4 Å². The van der Waals surface area contributed by atoms with Crippen LogP contribution < -0.4 is 10.6 Å². The minimum absolute atomic E-state index is 0.119. The molecule has 0 bridgehead atoms. The van der Waals surface area contributed by atoms with Crippen LogP contribution in [0.1, 0.15) is 40.0 Å². The van der Waals surface area contributed by atoms with Gasteiger partial charge in [-0.25, -0.2) is 4.79 Å². The zero-order valence-electron chi connectivity index (χ0n) is 12.9. The monoisotopic (exact) mass is 297 g/mol. The second kappa shape index (κ2) is 9.75. The van der Waals surface area contributed by atoms with Gasteiger partial charge in [-0.1, -0.05) is 13.8 Å². The van der Waals surface area contributed by atoms with Gasteiger partial charge in [0.1, 0.15) is 12.1 Å². The van der Waals surface area contributed by atoms with Crippen molar-refractivity contribution in [1.82, 2.24) is 10.6 Å². The minimum atomic E-state index is -0.814. The maximum atomic E-state index is 12.2. The maximum Gasteiger partial charge on any atom is 0.328 e. The van der Waals surface area contributed by atoms with Crippen LogP contribution in [-0.2, 0) is 19.1 Å². The van der Waals surface area contributed by atoms with Gasteiger partial charge in [-0.3, -0.25) is 9.59 Å². The fraction of sp³-hybridized carbons (Fsp3) is 0.714. The first kappa shape index (κ1) is 18.9. The summed E-state index contributed by atoms with van der Waals surface area (Å²) in [6.45, 7) is 4.92. The molecule has 0 aromatic heterocycles. The Morgan fingerprint density at radius 3 is 2.29 bits per heavy atom. The van der Waals surface area contributed by atoms with Crippen LogP contribution in [0.5, 0.6) is 0 Å². The lowest BCUT2D eigenvalue weighted by atomic mass is 10.0. The summed E-state index contributed by atoms with van der Waals surface area (Å²) in [5, 5.41) is 13.6. The number of nitrogens with one attached hydrogen (secondary N) is 2. The van der Waals surface area contributed by atoms with Crippen LogP contribution in [0.25, 0.3) is 0 Å².